The van der Waals surface area contributed by atoms with Crippen molar-refractivity contribution in [2.24, 2.45) is 11.7 Å². The Bertz CT molecular complexity index is 587. The number of amides is 2. The zero-order valence-electron chi connectivity index (χ0n) is 16.3. The molecule has 1 saturated heterocycles. The third kappa shape index (κ3) is 7.13. The molecule has 7 heteroatoms. The molecule has 152 valence electrons. The summed E-state index contributed by atoms with van der Waals surface area (Å²) in [4.78, 5) is 26.6. The molecule has 1 atom stereocenters. The van der Waals surface area contributed by atoms with Gasteiger partial charge in [0.15, 0.2) is 0 Å². The summed E-state index contributed by atoms with van der Waals surface area (Å²) >= 11 is 0. The van der Waals surface area contributed by atoms with Crippen LogP contribution in [0.2, 0.25) is 0 Å². The average molecular weight is 398 g/mol. The zero-order valence-corrected chi connectivity index (χ0v) is 17.1. The van der Waals surface area contributed by atoms with Crippen molar-refractivity contribution in [3.05, 3.63) is 35.4 Å². The number of nitrogens with two attached hydrogens (primary N) is 1. The lowest BCUT2D eigenvalue weighted by Crippen LogP contribution is -2.46. The lowest BCUT2D eigenvalue weighted by molar-refractivity contribution is -0.136. The summed E-state index contributed by atoms with van der Waals surface area (Å²) in [5.74, 6) is -0.0115. The second-order valence-corrected chi connectivity index (χ2v) is 6.83. The number of hydrogen-bond acceptors (Lipinski definition) is 4. The number of benzene rings is 1. The molecule has 1 aromatic carbocycles. The number of likely N-dealkylation sites (tertiary alicyclic amines) is 1. The van der Waals surface area contributed by atoms with E-state index in [-0.39, 0.29) is 30.1 Å². The van der Waals surface area contributed by atoms with E-state index < -0.39 is 6.04 Å². The summed E-state index contributed by atoms with van der Waals surface area (Å²) in [6.45, 7) is 7.12. The molecule has 1 aliphatic heterocycles. The van der Waals surface area contributed by atoms with E-state index in [9.17, 15) is 9.59 Å². The molecule has 2 amide bonds. The van der Waals surface area contributed by atoms with Crippen LogP contribution in [0.3, 0.4) is 0 Å². The fourth-order valence-corrected chi connectivity index (χ4v) is 3.15. The van der Waals surface area contributed by atoms with E-state index in [4.69, 9.17) is 10.5 Å². The molecule has 1 aromatic rings. The van der Waals surface area contributed by atoms with Crippen LogP contribution in [0.4, 0.5) is 0 Å². The van der Waals surface area contributed by atoms with Crippen molar-refractivity contribution in [1.29, 1.82) is 0 Å². The van der Waals surface area contributed by atoms with E-state index in [2.05, 4.69) is 5.32 Å². The maximum absolute atomic E-state index is 12.6. The van der Waals surface area contributed by atoms with Crippen LogP contribution in [0.1, 0.15) is 43.4 Å². The molecule has 1 unspecified atom stereocenters. The van der Waals surface area contributed by atoms with Crippen molar-refractivity contribution < 1.29 is 14.3 Å². The molecule has 1 heterocycles. The summed E-state index contributed by atoms with van der Waals surface area (Å²) in [5.41, 5.74) is 8.11. The zero-order chi connectivity index (χ0) is 18.9. The van der Waals surface area contributed by atoms with Gasteiger partial charge in [0, 0.05) is 38.8 Å². The number of carbonyl (C=O) groups excluding carboxylic acids is 2. The number of piperidine rings is 1. The normalized spacial score (nSPS) is 15.7. The van der Waals surface area contributed by atoms with Gasteiger partial charge in [-0.2, -0.15) is 0 Å². The Morgan fingerprint density at radius 2 is 1.89 bits per heavy atom. The van der Waals surface area contributed by atoms with Crippen molar-refractivity contribution in [3.8, 4) is 0 Å². The number of ether oxygens (including phenoxy) is 1. The van der Waals surface area contributed by atoms with Crippen LogP contribution in [-0.2, 0) is 14.3 Å². The fraction of sp³-hybridized carbons (Fsp3) is 0.600. The molecule has 3 N–H and O–H groups in total. The lowest BCUT2D eigenvalue weighted by Gasteiger charge is -2.33. The first-order chi connectivity index (χ1) is 12.5. The van der Waals surface area contributed by atoms with Gasteiger partial charge >= 0.3 is 0 Å². The molecule has 0 radical (unpaired) electrons. The van der Waals surface area contributed by atoms with Crippen LogP contribution >= 0.6 is 12.4 Å². The monoisotopic (exact) mass is 397 g/mol. The van der Waals surface area contributed by atoms with Crippen LogP contribution in [0, 0.1) is 12.8 Å². The predicted molar refractivity (Wildman–Crippen MR) is 109 cm³/mol. The Morgan fingerprint density at radius 3 is 2.48 bits per heavy atom. The predicted octanol–water partition coefficient (Wildman–Crippen LogP) is 2.20. The Morgan fingerprint density at radius 1 is 1.26 bits per heavy atom. The van der Waals surface area contributed by atoms with Gasteiger partial charge in [0.2, 0.25) is 11.8 Å². The average Bonchev–Trinajstić information content (AvgIpc) is 2.67. The second kappa shape index (κ2) is 12.0. The quantitative estimate of drug-likeness (QED) is 0.658. The molecule has 0 aliphatic carbocycles. The molecule has 1 aliphatic rings. The third-order valence-corrected chi connectivity index (χ3v) is 4.85. The van der Waals surface area contributed by atoms with E-state index in [0.717, 1.165) is 17.5 Å². The Hall–Kier alpha value is -1.63. The van der Waals surface area contributed by atoms with Crippen molar-refractivity contribution >= 4 is 24.2 Å². The number of hydrogen-bond donors (Lipinski definition) is 2. The summed E-state index contributed by atoms with van der Waals surface area (Å²) in [6, 6.07) is 7.09. The molecular weight excluding hydrogens is 366 g/mol. The van der Waals surface area contributed by atoms with Crippen LogP contribution < -0.4 is 11.1 Å². The first kappa shape index (κ1) is 23.4. The second-order valence-electron chi connectivity index (χ2n) is 6.83. The molecule has 2 rings (SSSR count). The third-order valence-electron chi connectivity index (χ3n) is 4.85. The van der Waals surface area contributed by atoms with Gasteiger partial charge in [0.25, 0.3) is 0 Å². The lowest BCUT2D eigenvalue weighted by atomic mass is 9.94. The molecule has 27 heavy (non-hydrogen) atoms. The van der Waals surface area contributed by atoms with Crippen LogP contribution in [0.25, 0.3) is 0 Å². The minimum Gasteiger partial charge on any atom is -0.382 e. The van der Waals surface area contributed by atoms with Gasteiger partial charge < -0.3 is 20.7 Å². The number of rotatable bonds is 8. The fourth-order valence-electron chi connectivity index (χ4n) is 3.15. The highest BCUT2D eigenvalue weighted by Gasteiger charge is 2.29. The van der Waals surface area contributed by atoms with Gasteiger partial charge in [0.05, 0.1) is 0 Å². The number of aryl methyl sites for hydroxylation is 1. The van der Waals surface area contributed by atoms with Crippen LogP contribution in [0.5, 0.6) is 0 Å². The molecule has 1 fully saturated rings. The smallest absolute Gasteiger partial charge is 0.244 e. The van der Waals surface area contributed by atoms with E-state index in [0.29, 0.717) is 45.7 Å². The molecule has 0 spiro atoms. The number of nitrogens with one attached hydrogen (secondary N) is 1. The van der Waals surface area contributed by atoms with Gasteiger partial charge in [0.1, 0.15) is 6.04 Å². The minimum atomic E-state index is -0.639. The molecule has 0 aromatic heterocycles. The highest BCUT2D eigenvalue weighted by Crippen LogP contribution is 2.21. The van der Waals surface area contributed by atoms with Gasteiger partial charge in [-0.25, -0.2) is 0 Å². The van der Waals surface area contributed by atoms with Crippen molar-refractivity contribution in [2.45, 2.75) is 39.2 Å². The summed E-state index contributed by atoms with van der Waals surface area (Å²) in [7, 11) is 0. The minimum absolute atomic E-state index is 0. The summed E-state index contributed by atoms with van der Waals surface area (Å²) in [6.07, 6.45) is 2.19. The van der Waals surface area contributed by atoms with Gasteiger partial charge in [-0.1, -0.05) is 29.8 Å². The number of carbonyl (C=O) groups is 2. The van der Waals surface area contributed by atoms with E-state index in [1.165, 1.54) is 0 Å². The van der Waals surface area contributed by atoms with Crippen molar-refractivity contribution in [2.75, 3.05) is 32.8 Å². The van der Waals surface area contributed by atoms with Gasteiger partial charge in [-0.05, 0) is 38.7 Å². The van der Waals surface area contributed by atoms with E-state index in [1.807, 2.05) is 38.1 Å². The standard InChI is InChI=1S/C20H31N3O3.ClH/c1-3-26-14-4-11-22-19(24)17-9-12-23(13-10-17)20(25)18(21)16-7-5-15(2)6-8-16;/h5-8,17-18H,3-4,9-14,21H2,1-2H3,(H,22,24);1H. The van der Waals surface area contributed by atoms with E-state index >= 15 is 0 Å². The Labute approximate surface area is 168 Å². The molecule has 6 nitrogen and oxygen atoms in total. The van der Waals surface area contributed by atoms with Gasteiger partial charge in [-0.3, -0.25) is 9.59 Å². The SMILES string of the molecule is CCOCCCNC(=O)C1CCN(C(=O)C(N)c2ccc(C)cc2)CC1.Cl. The number of nitrogens with zero attached hydrogens (tertiary/aromatic N) is 1. The molecular formula is C20H32ClN3O3. The van der Waals surface area contributed by atoms with E-state index in [1.54, 1.807) is 4.90 Å². The van der Waals surface area contributed by atoms with Crippen LogP contribution in [-0.4, -0.2) is 49.6 Å². The van der Waals surface area contributed by atoms with Crippen molar-refractivity contribution in [1.82, 2.24) is 10.2 Å². The molecule has 0 saturated carbocycles. The first-order valence-corrected chi connectivity index (χ1v) is 9.49. The summed E-state index contributed by atoms with van der Waals surface area (Å²) in [5, 5.41) is 2.96. The maximum Gasteiger partial charge on any atom is 0.244 e. The summed E-state index contributed by atoms with van der Waals surface area (Å²) < 4.78 is 5.26. The molecule has 0 bridgehead atoms. The van der Waals surface area contributed by atoms with Crippen LogP contribution in [0.15, 0.2) is 24.3 Å². The highest BCUT2D eigenvalue weighted by atomic mass is 35.5. The Kier molecular flexibility index (Phi) is 10.4. The first-order valence-electron chi connectivity index (χ1n) is 9.49. The Balaban J connectivity index is 0.00000364. The van der Waals surface area contributed by atoms with Crippen molar-refractivity contribution in [3.63, 3.8) is 0 Å². The largest absolute Gasteiger partial charge is 0.382 e. The highest BCUT2D eigenvalue weighted by molar-refractivity contribution is 5.85. The number of halogens is 1. The maximum atomic E-state index is 12.6. The topological polar surface area (TPSA) is 84.7 Å². The van der Waals surface area contributed by atoms with Gasteiger partial charge in [-0.15, -0.1) is 12.4 Å².